The molecule has 8 heteroatoms. The van der Waals surface area contributed by atoms with Gasteiger partial charge in [-0.1, -0.05) is 18.2 Å². The second-order valence-electron chi connectivity index (χ2n) is 7.88. The molecule has 174 valence electrons. The minimum absolute atomic E-state index is 0.0844. The maximum atomic E-state index is 13.0. The first kappa shape index (κ1) is 24.3. The zero-order valence-electron chi connectivity index (χ0n) is 19.3. The van der Waals surface area contributed by atoms with Crippen LogP contribution in [0.1, 0.15) is 44.9 Å². The Balaban J connectivity index is 1.84. The third kappa shape index (κ3) is 6.55. The van der Waals surface area contributed by atoms with E-state index in [1.807, 2.05) is 63.2 Å². The van der Waals surface area contributed by atoms with Gasteiger partial charge in [0.15, 0.2) is 5.13 Å². The molecule has 0 unspecified atom stereocenters. The molecule has 0 atom stereocenters. The molecule has 0 saturated heterocycles. The number of carboxylic acids is 1. The number of benzene rings is 2. The van der Waals surface area contributed by atoms with Crippen molar-refractivity contribution in [3.63, 3.8) is 0 Å². The van der Waals surface area contributed by atoms with Gasteiger partial charge in [-0.05, 0) is 62.6 Å². The molecule has 33 heavy (non-hydrogen) atoms. The number of nitrogens with one attached hydrogen (secondary N) is 1. The number of carbonyl (C=O) groups excluding carboxylic acids is 1. The standard InChI is InChI=1S/C25H29N3O4S/c1-16-7-10-20(14-22(16)24(31)27-25-26-17(2)18(3)33-25)28(13-5-6-23(29)30)15-19-8-11-21(32-4)12-9-19/h7-12,14H,5-6,13,15H2,1-4H3,(H,29,30)(H,26,27,31). The van der Waals surface area contributed by atoms with Crippen molar-refractivity contribution in [2.45, 2.75) is 40.2 Å². The summed E-state index contributed by atoms with van der Waals surface area (Å²) in [4.78, 5) is 31.6. The number of hydrogen-bond acceptors (Lipinski definition) is 6. The summed E-state index contributed by atoms with van der Waals surface area (Å²) in [5, 5.41) is 12.6. The Bertz CT molecular complexity index is 1110. The van der Waals surface area contributed by atoms with Crippen molar-refractivity contribution in [1.29, 1.82) is 0 Å². The molecule has 0 aliphatic carbocycles. The van der Waals surface area contributed by atoms with Crippen LogP contribution in [0.3, 0.4) is 0 Å². The number of carbonyl (C=O) groups is 2. The maximum Gasteiger partial charge on any atom is 0.303 e. The molecular weight excluding hydrogens is 438 g/mol. The van der Waals surface area contributed by atoms with Gasteiger partial charge < -0.3 is 14.7 Å². The van der Waals surface area contributed by atoms with Crippen molar-refractivity contribution in [2.24, 2.45) is 0 Å². The van der Waals surface area contributed by atoms with Crippen LogP contribution in [0.15, 0.2) is 42.5 Å². The Morgan fingerprint density at radius 1 is 1.12 bits per heavy atom. The average Bonchev–Trinajstić information content (AvgIpc) is 3.10. The second-order valence-corrected chi connectivity index (χ2v) is 9.08. The van der Waals surface area contributed by atoms with E-state index in [0.29, 0.717) is 30.2 Å². The highest BCUT2D eigenvalue weighted by atomic mass is 32.1. The molecule has 1 aromatic heterocycles. The summed E-state index contributed by atoms with van der Waals surface area (Å²) in [6, 6.07) is 13.5. The van der Waals surface area contributed by atoms with Crippen molar-refractivity contribution >= 4 is 34.0 Å². The van der Waals surface area contributed by atoms with Crippen LogP contribution in [-0.2, 0) is 11.3 Å². The first-order chi connectivity index (χ1) is 15.8. The topological polar surface area (TPSA) is 91.8 Å². The van der Waals surface area contributed by atoms with Crippen LogP contribution in [0.5, 0.6) is 5.75 Å². The molecule has 3 rings (SSSR count). The quantitative estimate of drug-likeness (QED) is 0.426. The van der Waals surface area contributed by atoms with Crippen LogP contribution in [-0.4, -0.2) is 35.6 Å². The van der Waals surface area contributed by atoms with E-state index >= 15 is 0 Å². The van der Waals surface area contributed by atoms with Crippen LogP contribution in [0.4, 0.5) is 10.8 Å². The first-order valence-electron chi connectivity index (χ1n) is 10.7. The molecule has 7 nitrogen and oxygen atoms in total. The Morgan fingerprint density at radius 2 is 1.85 bits per heavy atom. The summed E-state index contributed by atoms with van der Waals surface area (Å²) in [6.45, 7) is 6.92. The summed E-state index contributed by atoms with van der Waals surface area (Å²) >= 11 is 1.45. The molecule has 1 amide bonds. The Hall–Kier alpha value is -3.39. The van der Waals surface area contributed by atoms with Gasteiger partial charge in [-0.3, -0.25) is 14.9 Å². The fourth-order valence-electron chi connectivity index (χ4n) is 3.41. The number of aromatic nitrogens is 1. The highest BCUT2D eigenvalue weighted by Gasteiger charge is 2.16. The van der Waals surface area contributed by atoms with Crippen molar-refractivity contribution in [1.82, 2.24) is 4.98 Å². The molecule has 0 spiro atoms. The number of ether oxygens (including phenoxy) is 1. The number of rotatable bonds is 10. The molecule has 2 aromatic carbocycles. The summed E-state index contributed by atoms with van der Waals surface area (Å²) in [7, 11) is 1.63. The lowest BCUT2D eigenvalue weighted by atomic mass is 10.1. The SMILES string of the molecule is COc1ccc(CN(CCCC(=O)O)c2ccc(C)c(C(=O)Nc3nc(C)c(C)s3)c2)cc1. The average molecular weight is 468 g/mol. The number of methoxy groups -OCH3 is 1. The summed E-state index contributed by atoms with van der Waals surface area (Å²) in [5.74, 6) is -0.256. The molecule has 3 aromatic rings. The third-order valence-corrected chi connectivity index (χ3v) is 6.42. The largest absolute Gasteiger partial charge is 0.497 e. The van der Waals surface area contributed by atoms with Gasteiger partial charge in [0.2, 0.25) is 0 Å². The zero-order valence-corrected chi connectivity index (χ0v) is 20.2. The molecule has 0 saturated carbocycles. The molecule has 0 aliphatic rings. The van der Waals surface area contributed by atoms with E-state index in [9.17, 15) is 9.59 Å². The number of thiazole rings is 1. The normalized spacial score (nSPS) is 10.7. The Labute approximate surface area is 198 Å². The number of anilines is 2. The predicted octanol–water partition coefficient (Wildman–Crippen LogP) is 5.20. The molecule has 0 bridgehead atoms. The van der Waals surface area contributed by atoms with Gasteiger partial charge in [-0.25, -0.2) is 4.98 Å². The Morgan fingerprint density at radius 3 is 2.45 bits per heavy atom. The number of amides is 1. The van der Waals surface area contributed by atoms with E-state index in [1.54, 1.807) is 7.11 Å². The van der Waals surface area contributed by atoms with Gasteiger partial charge in [0, 0.05) is 35.6 Å². The minimum atomic E-state index is -0.822. The van der Waals surface area contributed by atoms with E-state index < -0.39 is 5.97 Å². The summed E-state index contributed by atoms with van der Waals surface area (Å²) in [6.07, 6.45) is 0.583. The van der Waals surface area contributed by atoms with E-state index in [-0.39, 0.29) is 12.3 Å². The fourth-order valence-corrected chi connectivity index (χ4v) is 4.22. The molecule has 0 radical (unpaired) electrons. The van der Waals surface area contributed by atoms with Gasteiger partial charge in [0.25, 0.3) is 5.91 Å². The van der Waals surface area contributed by atoms with Crippen molar-refractivity contribution in [3.05, 3.63) is 69.7 Å². The monoisotopic (exact) mass is 467 g/mol. The smallest absolute Gasteiger partial charge is 0.303 e. The van der Waals surface area contributed by atoms with Gasteiger partial charge >= 0.3 is 5.97 Å². The van der Waals surface area contributed by atoms with Gasteiger partial charge in [-0.2, -0.15) is 0 Å². The summed E-state index contributed by atoms with van der Waals surface area (Å²) in [5.41, 5.74) is 4.25. The zero-order chi connectivity index (χ0) is 24.0. The van der Waals surface area contributed by atoms with E-state index in [4.69, 9.17) is 9.84 Å². The Kier molecular flexibility index (Phi) is 8.06. The van der Waals surface area contributed by atoms with Gasteiger partial charge in [0.1, 0.15) is 5.75 Å². The van der Waals surface area contributed by atoms with Crippen LogP contribution >= 0.6 is 11.3 Å². The number of aliphatic carboxylic acids is 1. The van der Waals surface area contributed by atoms with Crippen LogP contribution in [0.25, 0.3) is 0 Å². The second kappa shape index (κ2) is 11.0. The lowest BCUT2D eigenvalue weighted by Gasteiger charge is -2.26. The van der Waals surface area contributed by atoms with Crippen molar-refractivity contribution < 1.29 is 19.4 Å². The molecular formula is C25H29N3O4S. The molecule has 0 fully saturated rings. The van der Waals surface area contributed by atoms with Crippen molar-refractivity contribution in [3.8, 4) is 5.75 Å². The first-order valence-corrected chi connectivity index (χ1v) is 11.5. The van der Waals surface area contributed by atoms with Gasteiger partial charge in [-0.15, -0.1) is 11.3 Å². The number of aryl methyl sites for hydroxylation is 3. The third-order valence-electron chi connectivity index (χ3n) is 5.43. The highest BCUT2D eigenvalue weighted by molar-refractivity contribution is 7.15. The maximum absolute atomic E-state index is 13.0. The van der Waals surface area contributed by atoms with Crippen LogP contribution in [0, 0.1) is 20.8 Å². The molecule has 0 aliphatic heterocycles. The predicted molar refractivity (Wildman–Crippen MR) is 132 cm³/mol. The van der Waals surface area contributed by atoms with E-state index in [1.165, 1.54) is 11.3 Å². The van der Waals surface area contributed by atoms with E-state index in [2.05, 4.69) is 15.2 Å². The van der Waals surface area contributed by atoms with Crippen LogP contribution in [0.2, 0.25) is 0 Å². The number of hydrogen-bond donors (Lipinski definition) is 2. The number of nitrogens with zero attached hydrogens (tertiary/aromatic N) is 2. The van der Waals surface area contributed by atoms with Gasteiger partial charge in [0.05, 0.1) is 12.8 Å². The lowest BCUT2D eigenvalue weighted by Crippen LogP contribution is -2.25. The highest BCUT2D eigenvalue weighted by Crippen LogP contribution is 2.26. The molecule has 2 N–H and O–H groups in total. The van der Waals surface area contributed by atoms with E-state index in [0.717, 1.165) is 33.1 Å². The number of carboxylic acid groups (broad SMARTS) is 1. The molecule has 1 heterocycles. The van der Waals surface area contributed by atoms with Crippen molar-refractivity contribution in [2.75, 3.05) is 23.9 Å². The minimum Gasteiger partial charge on any atom is -0.497 e. The fraction of sp³-hybridized carbons (Fsp3) is 0.320. The lowest BCUT2D eigenvalue weighted by molar-refractivity contribution is -0.137. The van der Waals surface area contributed by atoms with Crippen LogP contribution < -0.4 is 15.0 Å². The summed E-state index contributed by atoms with van der Waals surface area (Å²) < 4.78 is 5.24.